The maximum Gasteiger partial charge on any atom is 0.336 e. The van der Waals surface area contributed by atoms with E-state index in [1.807, 2.05) is 0 Å². The fraction of sp³-hybridized carbons (Fsp3) is 0.619. The van der Waals surface area contributed by atoms with Gasteiger partial charge in [-0.05, 0) is 38.7 Å². The minimum Gasteiger partial charge on any atom is -0.478 e. The first-order valence-corrected chi connectivity index (χ1v) is 10.5. The number of benzene rings is 1. The molecule has 9 heteroatoms. The number of carbonyl (C=O) groups excluding carboxylic acids is 1. The van der Waals surface area contributed by atoms with E-state index in [1.54, 1.807) is 13.8 Å². The molecule has 0 aromatic heterocycles. The Morgan fingerprint density at radius 2 is 1.77 bits per heavy atom. The van der Waals surface area contributed by atoms with Gasteiger partial charge in [0.1, 0.15) is 0 Å². The lowest BCUT2D eigenvalue weighted by atomic mass is 9.77. The molecule has 1 amide bonds. The van der Waals surface area contributed by atoms with E-state index in [2.05, 4.69) is 5.32 Å². The Kier molecular flexibility index (Phi) is 5.11. The van der Waals surface area contributed by atoms with Gasteiger partial charge in [-0.25, -0.2) is 13.6 Å². The molecule has 1 aromatic carbocycles. The Labute approximate surface area is 177 Å². The molecule has 1 aromatic rings. The third kappa shape index (κ3) is 3.70. The number of hydrogen-bond donors (Lipinski definition) is 2. The van der Waals surface area contributed by atoms with Crippen molar-refractivity contribution in [3.05, 3.63) is 22.2 Å². The van der Waals surface area contributed by atoms with E-state index in [0.29, 0.717) is 42.7 Å². The Morgan fingerprint density at radius 3 is 2.33 bits per heavy atom. The summed E-state index contributed by atoms with van der Waals surface area (Å²) in [6.07, 6.45) is 1.95. The van der Waals surface area contributed by atoms with Crippen LogP contribution in [0.1, 0.15) is 61.4 Å². The Balaban J connectivity index is 1.39. The molecule has 30 heavy (non-hydrogen) atoms. The highest BCUT2D eigenvalue weighted by Gasteiger charge is 2.49. The van der Waals surface area contributed by atoms with Gasteiger partial charge in [-0.15, -0.1) is 0 Å². The first-order valence-electron chi connectivity index (χ1n) is 10.1. The topological polar surface area (TPSA) is 84.9 Å². The second kappa shape index (κ2) is 7.25. The predicted octanol–water partition coefficient (Wildman–Crippen LogP) is 4.55. The van der Waals surface area contributed by atoms with Crippen LogP contribution in [0.25, 0.3) is 0 Å². The summed E-state index contributed by atoms with van der Waals surface area (Å²) in [5.74, 6) is -4.48. The number of ether oxygens (including phenoxy) is 2. The third-order valence-corrected chi connectivity index (χ3v) is 6.84. The summed E-state index contributed by atoms with van der Waals surface area (Å²) in [6, 6.07) is 0.922. The van der Waals surface area contributed by atoms with Gasteiger partial charge in [-0.2, -0.15) is 0 Å². The number of nitrogens with one attached hydrogen (secondary N) is 1. The van der Waals surface area contributed by atoms with Crippen LogP contribution in [0, 0.1) is 18.8 Å². The van der Waals surface area contributed by atoms with E-state index < -0.39 is 23.7 Å². The van der Waals surface area contributed by atoms with Gasteiger partial charge in [-0.3, -0.25) is 4.79 Å². The average Bonchev–Trinajstić information content (AvgIpc) is 3.03. The highest BCUT2D eigenvalue weighted by Crippen LogP contribution is 2.52. The normalized spacial score (nSPS) is 29.9. The minimum absolute atomic E-state index is 0.0225. The molecule has 1 heterocycles. The SMILES string of the molecule is Cc1c(C(=O)O)cc(Cl)c2c1OC(C)(C1CCC(C(=O)NC3CC(F)(F)C3)CC1)O2. The smallest absolute Gasteiger partial charge is 0.336 e. The van der Waals surface area contributed by atoms with Gasteiger partial charge in [0.2, 0.25) is 5.91 Å². The third-order valence-electron chi connectivity index (χ3n) is 6.55. The molecule has 0 spiro atoms. The van der Waals surface area contributed by atoms with Crippen molar-refractivity contribution in [3.8, 4) is 11.5 Å². The number of aromatic carboxylic acids is 1. The monoisotopic (exact) mass is 443 g/mol. The molecule has 0 saturated heterocycles. The highest BCUT2D eigenvalue weighted by atomic mass is 35.5. The first-order chi connectivity index (χ1) is 14.0. The number of alkyl halides is 2. The number of halogens is 3. The van der Waals surface area contributed by atoms with E-state index in [4.69, 9.17) is 21.1 Å². The molecule has 2 fully saturated rings. The summed E-state index contributed by atoms with van der Waals surface area (Å²) in [4.78, 5) is 23.8. The molecule has 0 bridgehead atoms. The lowest BCUT2D eigenvalue weighted by Gasteiger charge is -2.39. The van der Waals surface area contributed by atoms with Crippen LogP contribution in [0.2, 0.25) is 5.02 Å². The molecular weight excluding hydrogens is 420 g/mol. The number of rotatable bonds is 4. The van der Waals surface area contributed by atoms with Crippen LogP contribution in [-0.4, -0.2) is 34.7 Å². The molecule has 1 aliphatic heterocycles. The standard InChI is InChI=1S/C21H24ClF2NO5/c1-10-14(19(27)28)7-15(22)17-16(10)29-20(2,30-17)12-5-3-11(4-6-12)18(26)25-13-8-21(23,24)9-13/h7,11-13H,3-6,8-9H2,1-2H3,(H,25,26)(H,27,28). The number of carbonyl (C=O) groups is 2. The second-order valence-corrected chi connectivity index (χ2v) is 9.14. The Morgan fingerprint density at radius 1 is 1.17 bits per heavy atom. The molecule has 6 nitrogen and oxygen atoms in total. The molecule has 1 atom stereocenters. The average molecular weight is 444 g/mol. The fourth-order valence-electron chi connectivity index (χ4n) is 4.70. The number of hydrogen-bond acceptors (Lipinski definition) is 4. The van der Waals surface area contributed by atoms with E-state index in [9.17, 15) is 23.5 Å². The van der Waals surface area contributed by atoms with Crippen molar-refractivity contribution in [1.82, 2.24) is 5.32 Å². The Hall–Kier alpha value is -2.09. The summed E-state index contributed by atoms with van der Waals surface area (Å²) in [5.41, 5.74) is 0.518. The number of fused-ring (bicyclic) bond motifs is 1. The molecule has 2 saturated carbocycles. The van der Waals surface area contributed by atoms with Gasteiger partial charge in [0.25, 0.3) is 11.7 Å². The van der Waals surface area contributed by atoms with E-state index in [0.717, 1.165) is 0 Å². The molecule has 0 radical (unpaired) electrons. The molecule has 2 N–H and O–H groups in total. The summed E-state index contributed by atoms with van der Waals surface area (Å²) >= 11 is 6.23. The lowest BCUT2D eigenvalue weighted by molar-refractivity contribution is -0.140. The largest absolute Gasteiger partial charge is 0.478 e. The lowest BCUT2D eigenvalue weighted by Crippen LogP contribution is -2.52. The number of amides is 1. The predicted molar refractivity (Wildman–Crippen MR) is 104 cm³/mol. The van der Waals surface area contributed by atoms with Gasteiger partial charge in [0.05, 0.1) is 10.6 Å². The summed E-state index contributed by atoms with van der Waals surface area (Å²) in [7, 11) is 0. The van der Waals surface area contributed by atoms with Crippen LogP contribution in [0.5, 0.6) is 11.5 Å². The molecule has 164 valence electrons. The van der Waals surface area contributed by atoms with Crippen LogP contribution in [0.3, 0.4) is 0 Å². The summed E-state index contributed by atoms with van der Waals surface area (Å²) in [6.45, 7) is 3.45. The fourth-order valence-corrected chi connectivity index (χ4v) is 4.93. The van der Waals surface area contributed by atoms with Crippen molar-refractivity contribution in [3.63, 3.8) is 0 Å². The van der Waals surface area contributed by atoms with E-state index in [1.165, 1.54) is 6.07 Å². The molecular formula is C21H24ClF2NO5. The number of carboxylic acids is 1. The zero-order chi connectivity index (χ0) is 21.8. The highest BCUT2D eigenvalue weighted by molar-refractivity contribution is 6.32. The first kappa shape index (κ1) is 21.2. The van der Waals surface area contributed by atoms with Crippen molar-refractivity contribution in [1.29, 1.82) is 0 Å². The Bertz CT molecular complexity index is 892. The summed E-state index contributed by atoms with van der Waals surface area (Å²) < 4.78 is 38.1. The molecule has 3 aliphatic rings. The van der Waals surface area contributed by atoms with Crippen LogP contribution in [-0.2, 0) is 4.79 Å². The number of carboxylic acid groups (broad SMARTS) is 1. The zero-order valence-electron chi connectivity index (χ0n) is 16.8. The van der Waals surface area contributed by atoms with Crippen LogP contribution in [0.4, 0.5) is 8.78 Å². The molecule has 4 rings (SSSR count). The van der Waals surface area contributed by atoms with Gasteiger partial charge in [0.15, 0.2) is 11.5 Å². The van der Waals surface area contributed by atoms with Crippen LogP contribution >= 0.6 is 11.6 Å². The quantitative estimate of drug-likeness (QED) is 0.712. The van der Waals surface area contributed by atoms with Gasteiger partial charge < -0.3 is 19.9 Å². The molecule has 2 aliphatic carbocycles. The van der Waals surface area contributed by atoms with Crippen molar-refractivity contribution < 1.29 is 33.0 Å². The second-order valence-electron chi connectivity index (χ2n) is 8.73. The van der Waals surface area contributed by atoms with Crippen molar-refractivity contribution in [2.75, 3.05) is 0 Å². The van der Waals surface area contributed by atoms with Crippen LogP contribution < -0.4 is 14.8 Å². The van der Waals surface area contributed by atoms with Crippen LogP contribution in [0.15, 0.2) is 6.07 Å². The zero-order valence-corrected chi connectivity index (χ0v) is 17.5. The van der Waals surface area contributed by atoms with Crippen molar-refractivity contribution in [2.24, 2.45) is 11.8 Å². The molecule has 1 unspecified atom stereocenters. The van der Waals surface area contributed by atoms with Gasteiger partial charge in [-0.1, -0.05) is 11.6 Å². The van der Waals surface area contributed by atoms with E-state index in [-0.39, 0.29) is 41.2 Å². The van der Waals surface area contributed by atoms with Crippen molar-refractivity contribution >= 4 is 23.5 Å². The maximum absolute atomic E-state index is 13.0. The van der Waals surface area contributed by atoms with Crippen molar-refractivity contribution in [2.45, 2.75) is 70.1 Å². The van der Waals surface area contributed by atoms with Gasteiger partial charge in [0, 0.05) is 43.2 Å². The van der Waals surface area contributed by atoms with Gasteiger partial charge >= 0.3 is 5.97 Å². The summed E-state index contributed by atoms with van der Waals surface area (Å²) in [5, 5.41) is 12.3. The maximum atomic E-state index is 13.0. The van der Waals surface area contributed by atoms with E-state index >= 15 is 0 Å². The minimum atomic E-state index is -2.66.